The highest BCUT2D eigenvalue weighted by molar-refractivity contribution is 5.42. The van der Waals surface area contributed by atoms with Crippen molar-refractivity contribution < 1.29 is 4.74 Å². The second-order valence-electron chi connectivity index (χ2n) is 2.90. The summed E-state index contributed by atoms with van der Waals surface area (Å²) in [6.45, 7) is 0. The first-order valence-corrected chi connectivity index (χ1v) is 4.35. The molecule has 2 N–H and O–H groups in total. The van der Waals surface area contributed by atoms with Crippen molar-refractivity contribution >= 4 is 5.69 Å². The fraction of sp³-hybridized carbons (Fsp3) is 0. The molecule has 0 amide bonds. The predicted molar refractivity (Wildman–Crippen MR) is 56.2 cm³/mol. The van der Waals surface area contributed by atoms with Crippen LogP contribution >= 0.6 is 0 Å². The molecule has 0 heterocycles. The summed E-state index contributed by atoms with van der Waals surface area (Å²) in [5.41, 5.74) is 6.29. The molecule has 0 aliphatic carbocycles. The zero-order valence-corrected chi connectivity index (χ0v) is 7.60. The van der Waals surface area contributed by atoms with Crippen molar-refractivity contribution in [2.45, 2.75) is 0 Å². The van der Waals surface area contributed by atoms with Gasteiger partial charge in [0.15, 0.2) is 0 Å². The Morgan fingerprint density at radius 3 is 2.43 bits per heavy atom. The Morgan fingerprint density at radius 2 is 1.79 bits per heavy atom. The lowest BCUT2D eigenvalue weighted by molar-refractivity contribution is 0.482. The summed E-state index contributed by atoms with van der Waals surface area (Å²) in [6, 6.07) is 17.7. The first kappa shape index (κ1) is 8.63. The minimum Gasteiger partial charge on any atom is -0.457 e. The molecular weight excluding hydrogens is 174 g/mol. The van der Waals surface area contributed by atoms with E-state index in [2.05, 4.69) is 6.07 Å². The van der Waals surface area contributed by atoms with Gasteiger partial charge in [-0.25, -0.2) is 0 Å². The maximum Gasteiger partial charge on any atom is 0.135 e. The minimum absolute atomic E-state index is 0.706. The second kappa shape index (κ2) is 3.83. The molecular formula is C12H10NO. The fourth-order valence-electron chi connectivity index (χ4n) is 1.10. The highest BCUT2D eigenvalue weighted by Crippen LogP contribution is 2.20. The second-order valence-corrected chi connectivity index (χ2v) is 2.90. The summed E-state index contributed by atoms with van der Waals surface area (Å²) in [4.78, 5) is 0. The van der Waals surface area contributed by atoms with Crippen molar-refractivity contribution in [3.8, 4) is 11.5 Å². The van der Waals surface area contributed by atoms with Crippen molar-refractivity contribution in [3.63, 3.8) is 0 Å². The van der Waals surface area contributed by atoms with E-state index in [9.17, 15) is 0 Å². The summed E-state index contributed by atoms with van der Waals surface area (Å²) < 4.78 is 5.52. The number of rotatable bonds is 2. The standard InChI is InChI=1S/C12H10NO/c13-10-6-8-12(9-7-10)14-11-4-2-1-3-5-11/h1-4,6-9H,13H2. The van der Waals surface area contributed by atoms with Crippen LogP contribution in [0, 0.1) is 6.07 Å². The van der Waals surface area contributed by atoms with Gasteiger partial charge in [-0.3, -0.25) is 0 Å². The van der Waals surface area contributed by atoms with Gasteiger partial charge in [0, 0.05) is 11.8 Å². The van der Waals surface area contributed by atoms with E-state index < -0.39 is 0 Å². The highest BCUT2D eigenvalue weighted by Gasteiger charge is 1.95. The van der Waals surface area contributed by atoms with Gasteiger partial charge in [0.1, 0.15) is 11.5 Å². The molecule has 0 saturated carbocycles. The predicted octanol–water partition coefficient (Wildman–Crippen LogP) is 2.86. The van der Waals surface area contributed by atoms with Crippen molar-refractivity contribution in [2.75, 3.05) is 5.73 Å². The Balaban J connectivity index is 2.16. The lowest BCUT2D eigenvalue weighted by Gasteiger charge is -2.04. The molecule has 2 heteroatoms. The number of anilines is 1. The molecule has 0 aliphatic heterocycles. The molecule has 0 atom stereocenters. The van der Waals surface area contributed by atoms with E-state index >= 15 is 0 Å². The van der Waals surface area contributed by atoms with Gasteiger partial charge >= 0.3 is 0 Å². The summed E-state index contributed by atoms with van der Waals surface area (Å²) in [5, 5.41) is 0. The molecule has 0 unspecified atom stereocenters. The maximum atomic E-state index is 5.56. The van der Waals surface area contributed by atoms with Crippen LogP contribution in [0.5, 0.6) is 11.5 Å². The average molecular weight is 184 g/mol. The van der Waals surface area contributed by atoms with Crippen molar-refractivity contribution in [1.82, 2.24) is 0 Å². The first-order valence-electron chi connectivity index (χ1n) is 4.35. The minimum atomic E-state index is 0.706. The summed E-state index contributed by atoms with van der Waals surface area (Å²) in [7, 11) is 0. The molecule has 2 aromatic rings. The van der Waals surface area contributed by atoms with Crippen molar-refractivity contribution in [3.05, 3.63) is 54.6 Å². The molecule has 0 aliphatic rings. The SMILES string of the molecule is Nc1ccc(Oc2[c]cccc2)cc1. The fourth-order valence-corrected chi connectivity index (χ4v) is 1.10. The van der Waals surface area contributed by atoms with Crippen LogP contribution in [0.25, 0.3) is 0 Å². The highest BCUT2D eigenvalue weighted by atomic mass is 16.5. The topological polar surface area (TPSA) is 35.2 Å². The summed E-state index contributed by atoms with van der Waals surface area (Å²) in [5.74, 6) is 1.47. The van der Waals surface area contributed by atoms with Gasteiger partial charge in [0.25, 0.3) is 0 Å². The molecule has 0 aromatic heterocycles. The molecule has 0 bridgehead atoms. The monoisotopic (exact) mass is 184 g/mol. The van der Waals surface area contributed by atoms with E-state index in [0.29, 0.717) is 5.75 Å². The van der Waals surface area contributed by atoms with E-state index in [1.807, 2.05) is 36.4 Å². The van der Waals surface area contributed by atoms with Crippen molar-refractivity contribution in [2.24, 2.45) is 0 Å². The molecule has 2 nitrogen and oxygen atoms in total. The van der Waals surface area contributed by atoms with E-state index in [1.54, 1.807) is 12.1 Å². The van der Waals surface area contributed by atoms with Crippen molar-refractivity contribution in [1.29, 1.82) is 0 Å². The third kappa shape index (κ3) is 2.04. The van der Waals surface area contributed by atoms with Gasteiger partial charge in [0.05, 0.1) is 0 Å². The largest absolute Gasteiger partial charge is 0.457 e. The molecule has 0 spiro atoms. The van der Waals surface area contributed by atoms with Gasteiger partial charge in [-0.15, -0.1) is 0 Å². The Morgan fingerprint density at radius 1 is 1.00 bits per heavy atom. The number of nitrogen functional groups attached to an aromatic ring is 1. The number of benzene rings is 2. The smallest absolute Gasteiger partial charge is 0.135 e. The number of ether oxygens (including phenoxy) is 1. The van der Waals surface area contributed by atoms with Crippen LogP contribution in [-0.4, -0.2) is 0 Å². The summed E-state index contributed by atoms with van der Waals surface area (Å²) >= 11 is 0. The lowest BCUT2D eigenvalue weighted by Crippen LogP contribution is -1.86. The molecule has 1 radical (unpaired) electrons. The van der Waals surface area contributed by atoms with Gasteiger partial charge < -0.3 is 10.5 Å². The van der Waals surface area contributed by atoms with Gasteiger partial charge in [0.2, 0.25) is 0 Å². The van der Waals surface area contributed by atoms with E-state index in [4.69, 9.17) is 10.5 Å². The van der Waals surface area contributed by atoms with Crippen LogP contribution < -0.4 is 10.5 Å². The normalized spacial score (nSPS) is 9.71. The third-order valence-corrected chi connectivity index (χ3v) is 1.79. The van der Waals surface area contributed by atoms with E-state index in [-0.39, 0.29) is 0 Å². The maximum absolute atomic E-state index is 5.56. The van der Waals surface area contributed by atoms with Gasteiger partial charge in [-0.2, -0.15) is 0 Å². The van der Waals surface area contributed by atoms with Crippen LogP contribution in [0.3, 0.4) is 0 Å². The Hall–Kier alpha value is -1.96. The van der Waals surface area contributed by atoms with E-state index in [1.165, 1.54) is 0 Å². The average Bonchev–Trinajstić information content (AvgIpc) is 2.23. The number of para-hydroxylation sites is 1. The third-order valence-electron chi connectivity index (χ3n) is 1.79. The zero-order chi connectivity index (χ0) is 9.80. The van der Waals surface area contributed by atoms with Crippen LogP contribution in [-0.2, 0) is 0 Å². The van der Waals surface area contributed by atoms with Crippen LogP contribution in [0.1, 0.15) is 0 Å². The lowest BCUT2D eigenvalue weighted by atomic mass is 10.3. The number of hydrogen-bond donors (Lipinski definition) is 1. The van der Waals surface area contributed by atoms with E-state index in [0.717, 1.165) is 11.4 Å². The van der Waals surface area contributed by atoms with Gasteiger partial charge in [-0.05, 0) is 30.3 Å². The molecule has 14 heavy (non-hydrogen) atoms. The summed E-state index contributed by atoms with van der Waals surface area (Å²) in [6.07, 6.45) is 0. The van der Waals surface area contributed by atoms with Crippen LogP contribution in [0.4, 0.5) is 5.69 Å². The number of nitrogens with two attached hydrogens (primary N) is 1. The Labute approximate surface area is 82.9 Å². The van der Waals surface area contributed by atoms with Gasteiger partial charge in [-0.1, -0.05) is 18.2 Å². The molecule has 2 aromatic carbocycles. The Kier molecular flexibility index (Phi) is 2.36. The quantitative estimate of drug-likeness (QED) is 0.728. The first-order chi connectivity index (χ1) is 6.84. The Bertz CT molecular complexity index is 394. The molecule has 0 saturated heterocycles. The van der Waals surface area contributed by atoms with Crippen LogP contribution in [0.15, 0.2) is 48.5 Å². The van der Waals surface area contributed by atoms with Crippen LogP contribution in [0.2, 0.25) is 0 Å². The number of hydrogen-bond acceptors (Lipinski definition) is 2. The molecule has 69 valence electrons. The zero-order valence-electron chi connectivity index (χ0n) is 7.60. The molecule has 0 fully saturated rings. The molecule has 2 rings (SSSR count).